The number of aryl methyl sites for hydroxylation is 3. The van der Waals surface area contributed by atoms with E-state index in [1.54, 1.807) is 6.07 Å². The second kappa shape index (κ2) is 5.88. The van der Waals surface area contributed by atoms with Crippen molar-refractivity contribution in [3.8, 4) is 11.6 Å². The summed E-state index contributed by atoms with van der Waals surface area (Å²) in [7, 11) is 0. The fourth-order valence-corrected chi connectivity index (χ4v) is 2.16. The van der Waals surface area contributed by atoms with Crippen molar-refractivity contribution in [3.05, 3.63) is 44.8 Å². The molecule has 19 heavy (non-hydrogen) atoms. The SMILES string of the molecule is CCc1nc(Cl)cc(Oc2cc(C)c(Br)c(C)c2)n1. The van der Waals surface area contributed by atoms with Crippen LogP contribution >= 0.6 is 27.5 Å². The molecule has 2 rings (SSSR count). The van der Waals surface area contributed by atoms with Crippen LogP contribution in [0.5, 0.6) is 11.6 Å². The third-order valence-corrected chi connectivity index (χ3v) is 4.11. The zero-order valence-corrected chi connectivity index (χ0v) is 13.3. The van der Waals surface area contributed by atoms with E-state index in [1.807, 2.05) is 32.9 Å². The molecule has 1 heterocycles. The number of ether oxygens (including phenoxy) is 1. The predicted molar refractivity (Wildman–Crippen MR) is 80.1 cm³/mol. The van der Waals surface area contributed by atoms with Gasteiger partial charge >= 0.3 is 0 Å². The molecule has 0 unspecified atom stereocenters. The number of aromatic nitrogens is 2. The Hall–Kier alpha value is -1.13. The van der Waals surface area contributed by atoms with Gasteiger partial charge in [0.25, 0.3) is 0 Å². The number of halogens is 2. The molecule has 5 heteroatoms. The number of benzene rings is 1. The molecule has 0 radical (unpaired) electrons. The average Bonchev–Trinajstić information content (AvgIpc) is 2.35. The molecule has 0 aliphatic heterocycles. The summed E-state index contributed by atoms with van der Waals surface area (Å²) >= 11 is 9.47. The number of hydrogen-bond donors (Lipinski definition) is 0. The Labute approximate surface area is 126 Å². The van der Waals surface area contributed by atoms with Gasteiger partial charge in [-0.1, -0.05) is 34.5 Å². The van der Waals surface area contributed by atoms with Crippen molar-refractivity contribution in [1.82, 2.24) is 9.97 Å². The first-order valence-electron chi connectivity index (χ1n) is 5.97. The highest BCUT2D eigenvalue weighted by molar-refractivity contribution is 9.10. The van der Waals surface area contributed by atoms with Crippen LogP contribution in [0.1, 0.15) is 23.9 Å². The summed E-state index contributed by atoms with van der Waals surface area (Å²) in [5.41, 5.74) is 2.23. The molecule has 0 spiro atoms. The molecule has 3 nitrogen and oxygen atoms in total. The van der Waals surface area contributed by atoms with Gasteiger partial charge in [-0.15, -0.1) is 0 Å². The minimum atomic E-state index is 0.396. The van der Waals surface area contributed by atoms with Gasteiger partial charge in [-0.25, -0.2) is 4.98 Å². The van der Waals surface area contributed by atoms with Gasteiger partial charge in [-0.05, 0) is 37.1 Å². The third-order valence-electron chi connectivity index (χ3n) is 2.67. The topological polar surface area (TPSA) is 35.0 Å². The standard InChI is InChI=1S/C14H14BrClN2O/c1-4-12-17-11(16)7-13(18-12)19-10-5-8(2)14(15)9(3)6-10/h5-7H,4H2,1-3H3. The van der Waals surface area contributed by atoms with Crippen LogP contribution in [0.25, 0.3) is 0 Å². The van der Waals surface area contributed by atoms with Crippen LogP contribution in [0, 0.1) is 13.8 Å². The first kappa shape index (κ1) is 14.3. The van der Waals surface area contributed by atoms with E-state index in [0.717, 1.165) is 27.8 Å². The maximum absolute atomic E-state index is 5.94. The molecule has 100 valence electrons. The molecule has 0 aliphatic rings. The Morgan fingerprint density at radius 1 is 1.16 bits per heavy atom. The summed E-state index contributed by atoms with van der Waals surface area (Å²) in [5.74, 6) is 1.89. The predicted octanol–water partition coefficient (Wildman–Crippen LogP) is 4.86. The second-order valence-corrected chi connectivity index (χ2v) is 5.45. The van der Waals surface area contributed by atoms with Crippen molar-refractivity contribution in [1.29, 1.82) is 0 Å². The van der Waals surface area contributed by atoms with E-state index < -0.39 is 0 Å². The largest absolute Gasteiger partial charge is 0.439 e. The van der Waals surface area contributed by atoms with Crippen molar-refractivity contribution in [2.24, 2.45) is 0 Å². The van der Waals surface area contributed by atoms with Crippen LogP contribution in [-0.2, 0) is 6.42 Å². The lowest BCUT2D eigenvalue weighted by molar-refractivity contribution is 0.458. The molecule has 0 bridgehead atoms. The van der Waals surface area contributed by atoms with Gasteiger partial charge < -0.3 is 4.74 Å². The molecule has 0 N–H and O–H groups in total. The fraction of sp³-hybridized carbons (Fsp3) is 0.286. The molecular weight excluding hydrogens is 328 g/mol. The first-order valence-corrected chi connectivity index (χ1v) is 7.14. The highest BCUT2D eigenvalue weighted by Crippen LogP contribution is 2.29. The molecule has 0 saturated heterocycles. The van der Waals surface area contributed by atoms with Gasteiger partial charge in [-0.2, -0.15) is 4.98 Å². The molecule has 2 aromatic rings. The number of hydrogen-bond acceptors (Lipinski definition) is 3. The van der Waals surface area contributed by atoms with Crippen molar-refractivity contribution in [2.45, 2.75) is 27.2 Å². The van der Waals surface area contributed by atoms with Crippen LogP contribution in [-0.4, -0.2) is 9.97 Å². The van der Waals surface area contributed by atoms with Crippen molar-refractivity contribution in [2.75, 3.05) is 0 Å². The molecule has 0 atom stereocenters. The Kier molecular flexibility index (Phi) is 4.42. The van der Waals surface area contributed by atoms with Crippen molar-refractivity contribution < 1.29 is 4.74 Å². The van der Waals surface area contributed by atoms with E-state index in [9.17, 15) is 0 Å². The van der Waals surface area contributed by atoms with Gasteiger partial charge in [0.05, 0.1) is 0 Å². The maximum Gasteiger partial charge on any atom is 0.224 e. The lowest BCUT2D eigenvalue weighted by Crippen LogP contribution is -1.97. The zero-order chi connectivity index (χ0) is 14.0. The lowest BCUT2D eigenvalue weighted by atomic mass is 10.1. The van der Waals surface area contributed by atoms with Gasteiger partial charge in [0.2, 0.25) is 5.88 Å². The normalized spacial score (nSPS) is 10.6. The van der Waals surface area contributed by atoms with Gasteiger partial charge in [0.1, 0.15) is 16.7 Å². The van der Waals surface area contributed by atoms with Gasteiger partial charge in [0.15, 0.2) is 0 Å². The van der Waals surface area contributed by atoms with E-state index in [0.29, 0.717) is 16.9 Å². The monoisotopic (exact) mass is 340 g/mol. The van der Waals surface area contributed by atoms with E-state index in [1.165, 1.54) is 0 Å². The third kappa shape index (κ3) is 3.45. The summed E-state index contributed by atoms with van der Waals surface area (Å²) in [5, 5.41) is 0.396. The highest BCUT2D eigenvalue weighted by Gasteiger charge is 2.07. The van der Waals surface area contributed by atoms with Gasteiger partial charge in [-0.3, -0.25) is 0 Å². The summed E-state index contributed by atoms with van der Waals surface area (Å²) in [4.78, 5) is 8.41. The summed E-state index contributed by atoms with van der Waals surface area (Å²) in [6.45, 7) is 6.02. The smallest absolute Gasteiger partial charge is 0.224 e. The maximum atomic E-state index is 5.94. The fourth-order valence-electron chi connectivity index (χ4n) is 1.74. The van der Waals surface area contributed by atoms with Gasteiger partial charge in [0, 0.05) is 17.0 Å². The van der Waals surface area contributed by atoms with Crippen LogP contribution in [0.4, 0.5) is 0 Å². The molecule has 0 fully saturated rings. The average molecular weight is 342 g/mol. The van der Waals surface area contributed by atoms with E-state index in [-0.39, 0.29) is 0 Å². The van der Waals surface area contributed by atoms with Crippen LogP contribution in [0.3, 0.4) is 0 Å². The minimum absolute atomic E-state index is 0.396. The molecule has 0 amide bonds. The van der Waals surface area contributed by atoms with Crippen LogP contribution in [0.2, 0.25) is 5.15 Å². The molecule has 1 aromatic carbocycles. The number of nitrogens with zero attached hydrogens (tertiary/aromatic N) is 2. The van der Waals surface area contributed by atoms with Crippen molar-refractivity contribution in [3.63, 3.8) is 0 Å². The Morgan fingerprint density at radius 3 is 2.37 bits per heavy atom. The first-order chi connectivity index (χ1) is 8.99. The minimum Gasteiger partial charge on any atom is -0.439 e. The zero-order valence-electron chi connectivity index (χ0n) is 11.0. The van der Waals surface area contributed by atoms with E-state index in [2.05, 4.69) is 25.9 Å². The van der Waals surface area contributed by atoms with Crippen LogP contribution < -0.4 is 4.74 Å². The molecular formula is C14H14BrClN2O. The summed E-state index contributed by atoms with van der Waals surface area (Å²) in [6, 6.07) is 5.53. The Morgan fingerprint density at radius 2 is 1.79 bits per heavy atom. The highest BCUT2D eigenvalue weighted by atomic mass is 79.9. The molecule has 0 aliphatic carbocycles. The molecule has 1 aromatic heterocycles. The van der Waals surface area contributed by atoms with Crippen molar-refractivity contribution >= 4 is 27.5 Å². The summed E-state index contributed by atoms with van der Waals surface area (Å²) < 4.78 is 6.85. The van der Waals surface area contributed by atoms with E-state index >= 15 is 0 Å². The Balaban J connectivity index is 2.33. The number of rotatable bonds is 3. The quantitative estimate of drug-likeness (QED) is 0.747. The summed E-state index contributed by atoms with van der Waals surface area (Å²) in [6.07, 6.45) is 0.718. The lowest BCUT2D eigenvalue weighted by Gasteiger charge is -2.10. The Bertz CT molecular complexity index is 593. The second-order valence-electron chi connectivity index (χ2n) is 4.27. The molecule has 0 saturated carbocycles. The van der Waals surface area contributed by atoms with E-state index in [4.69, 9.17) is 16.3 Å². The van der Waals surface area contributed by atoms with Crippen LogP contribution in [0.15, 0.2) is 22.7 Å².